The van der Waals surface area contributed by atoms with Crippen LogP contribution >= 0.6 is 0 Å². The monoisotopic (exact) mass is 202 g/mol. The summed E-state index contributed by atoms with van der Waals surface area (Å²) in [5, 5.41) is 0. The van der Waals surface area contributed by atoms with Gasteiger partial charge < -0.3 is 4.74 Å². The molecule has 1 aromatic carbocycles. The molecule has 0 aliphatic heterocycles. The molecule has 0 saturated carbocycles. The van der Waals surface area contributed by atoms with E-state index in [2.05, 4.69) is 44.2 Å². The second kappa shape index (κ2) is 4.52. The average molecular weight is 202 g/mol. The summed E-state index contributed by atoms with van der Waals surface area (Å²) in [5.41, 5.74) is 2.52. The first kappa shape index (κ1) is 10.3. The molecule has 1 nitrogen and oxygen atoms in total. The third-order valence-corrected chi connectivity index (χ3v) is 2.82. The zero-order chi connectivity index (χ0) is 10.7. The molecule has 1 aromatic rings. The van der Waals surface area contributed by atoms with Crippen LogP contribution < -0.4 is 4.74 Å². The lowest BCUT2D eigenvalue weighted by atomic mass is 10.1. The SMILES string of the molecule is Cc1ccc(O[C@@H]2C=CCCC2)c(C)c1. The van der Waals surface area contributed by atoms with Gasteiger partial charge >= 0.3 is 0 Å². The molecule has 1 heteroatoms. The number of ether oxygens (including phenoxy) is 1. The molecular formula is C14H18O. The van der Waals surface area contributed by atoms with Crippen LogP contribution in [0.4, 0.5) is 0 Å². The lowest BCUT2D eigenvalue weighted by Gasteiger charge is -2.19. The Hall–Kier alpha value is -1.24. The Labute approximate surface area is 91.8 Å². The van der Waals surface area contributed by atoms with E-state index in [0.29, 0.717) is 0 Å². The van der Waals surface area contributed by atoms with Gasteiger partial charge in [0.05, 0.1) is 0 Å². The summed E-state index contributed by atoms with van der Waals surface area (Å²) in [6, 6.07) is 6.35. The molecule has 0 unspecified atom stereocenters. The molecular weight excluding hydrogens is 184 g/mol. The van der Waals surface area contributed by atoms with Crippen LogP contribution in [0.3, 0.4) is 0 Å². The van der Waals surface area contributed by atoms with Crippen LogP contribution in [0.25, 0.3) is 0 Å². The molecule has 0 N–H and O–H groups in total. The van der Waals surface area contributed by atoms with E-state index < -0.39 is 0 Å². The second-order valence-corrected chi connectivity index (χ2v) is 4.28. The molecule has 0 bridgehead atoms. The summed E-state index contributed by atoms with van der Waals surface area (Å²) in [5.74, 6) is 1.03. The Balaban J connectivity index is 2.09. The van der Waals surface area contributed by atoms with E-state index >= 15 is 0 Å². The number of hydrogen-bond donors (Lipinski definition) is 0. The summed E-state index contributed by atoms with van der Waals surface area (Å²) >= 11 is 0. The van der Waals surface area contributed by atoms with Crippen molar-refractivity contribution >= 4 is 0 Å². The van der Waals surface area contributed by atoms with Crippen molar-refractivity contribution in [3.63, 3.8) is 0 Å². The van der Waals surface area contributed by atoms with Crippen molar-refractivity contribution in [1.29, 1.82) is 0 Å². The number of hydrogen-bond acceptors (Lipinski definition) is 1. The van der Waals surface area contributed by atoms with Gasteiger partial charge in [-0.15, -0.1) is 0 Å². The smallest absolute Gasteiger partial charge is 0.123 e. The van der Waals surface area contributed by atoms with E-state index in [9.17, 15) is 0 Å². The minimum Gasteiger partial charge on any atom is -0.486 e. The molecule has 0 radical (unpaired) electrons. The molecule has 0 fully saturated rings. The summed E-state index contributed by atoms with van der Waals surface area (Å²) in [6.45, 7) is 4.21. The first-order chi connectivity index (χ1) is 7.25. The number of aryl methyl sites for hydroxylation is 2. The number of allylic oxidation sites excluding steroid dienone is 1. The lowest BCUT2D eigenvalue weighted by Crippen LogP contribution is -2.16. The Bertz CT molecular complexity index is 366. The van der Waals surface area contributed by atoms with Crippen molar-refractivity contribution in [2.75, 3.05) is 0 Å². The van der Waals surface area contributed by atoms with Gasteiger partial charge in [-0.2, -0.15) is 0 Å². The van der Waals surface area contributed by atoms with Crippen molar-refractivity contribution in [3.05, 3.63) is 41.5 Å². The summed E-state index contributed by atoms with van der Waals surface area (Å²) in [7, 11) is 0. The zero-order valence-corrected chi connectivity index (χ0v) is 9.49. The highest BCUT2D eigenvalue weighted by molar-refractivity contribution is 5.36. The molecule has 15 heavy (non-hydrogen) atoms. The van der Waals surface area contributed by atoms with Crippen molar-refractivity contribution in [2.24, 2.45) is 0 Å². The molecule has 0 aromatic heterocycles. The van der Waals surface area contributed by atoms with Gasteiger partial charge in [-0.3, -0.25) is 0 Å². The molecule has 1 aliphatic carbocycles. The Kier molecular flexibility index (Phi) is 3.10. The molecule has 0 heterocycles. The van der Waals surface area contributed by atoms with Gasteiger partial charge in [-0.1, -0.05) is 23.8 Å². The highest BCUT2D eigenvalue weighted by Crippen LogP contribution is 2.23. The van der Waals surface area contributed by atoms with Gasteiger partial charge in [-0.25, -0.2) is 0 Å². The van der Waals surface area contributed by atoms with Crippen LogP contribution in [0.5, 0.6) is 5.75 Å². The van der Waals surface area contributed by atoms with Crippen LogP contribution in [0.2, 0.25) is 0 Å². The average Bonchev–Trinajstić information content (AvgIpc) is 2.24. The summed E-state index contributed by atoms with van der Waals surface area (Å²) < 4.78 is 5.95. The van der Waals surface area contributed by atoms with E-state index in [-0.39, 0.29) is 6.10 Å². The summed E-state index contributed by atoms with van der Waals surface area (Å²) in [4.78, 5) is 0. The topological polar surface area (TPSA) is 9.23 Å². The van der Waals surface area contributed by atoms with E-state index in [1.807, 2.05) is 0 Å². The van der Waals surface area contributed by atoms with Crippen LogP contribution in [-0.2, 0) is 0 Å². The zero-order valence-electron chi connectivity index (χ0n) is 9.49. The van der Waals surface area contributed by atoms with Gasteiger partial charge in [-0.05, 0) is 50.8 Å². The minimum atomic E-state index is 0.278. The first-order valence-corrected chi connectivity index (χ1v) is 5.66. The molecule has 1 atom stereocenters. The van der Waals surface area contributed by atoms with Crippen LogP contribution in [-0.4, -0.2) is 6.10 Å². The Morgan fingerprint density at radius 3 is 2.80 bits per heavy atom. The lowest BCUT2D eigenvalue weighted by molar-refractivity contribution is 0.228. The molecule has 2 rings (SSSR count). The van der Waals surface area contributed by atoms with E-state index in [1.165, 1.54) is 24.0 Å². The van der Waals surface area contributed by atoms with Crippen LogP contribution in [0, 0.1) is 13.8 Å². The van der Waals surface area contributed by atoms with Gasteiger partial charge in [0.25, 0.3) is 0 Å². The van der Waals surface area contributed by atoms with Crippen LogP contribution in [0.1, 0.15) is 30.4 Å². The molecule has 0 amide bonds. The molecule has 80 valence electrons. The van der Waals surface area contributed by atoms with E-state index in [0.717, 1.165) is 12.2 Å². The van der Waals surface area contributed by atoms with Crippen molar-refractivity contribution in [2.45, 2.75) is 39.2 Å². The summed E-state index contributed by atoms with van der Waals surface area (Å²) in [6.07, 6.45) is 8.27. The number of rotatable bonds is 2. The fraction of sp³-hybridized carbons (Fsp3) is 0.429. The third kappa shape index (κ3) is 2.62. The highest BCUT2D eigenvalue weighted by Gasteiger charge is 2.10. The molecule has 1 aliphatic rings. The van der Waals surface area contributed by atoms with Gasteiger partial charge in [0.1, 0.15) is 11.9 Å². The van der Waals surface area contributed by atoms with Gasteiger partial charge in [0.15, 0.2) is 0 Å². The van der Waals surface area contributed by atoms with Crippen molar-refractivity contribution < 1.29 is 4.74 Å². The van der Waals surface area contributed by atoms with E-state index in [1.54, 1.807) is 0 Å². The van der Waals surface area contributed by atoms with Crippen molar-refractivity contribution in [1.82, 2.24) is 0 Å². The normalized spacial score (nSPS) is 20.3. The standard InChI is InChI=1S/C14H18O/c1-11-8-9-14(12(2)10-11)15-13-6-4-3-5-7-13/h4,6,8-10,13H,3,5,7H2,1-2H3/t13-/m1/s1. The second-order valence-electron chi connectivity index (χ2n) is 4.28. The van der Waals surface area contributed by atoms with Gasteiger partial charge in [0, 0.05) is 0 Å². The van der Waals surface area contributed by atoms with Crippen LogP contribution in [0.15, 0.2) is 30.4 Å². The molecule has 0 spiro atoms. The predicted molar refractivity (Wildman–Crippen MR) is 63.3 cm³/mol. The minimum absolute atomic E-state index is 0.278. The van der Waals surface area contributed by atoms with Crippen molar-refractivity contribution in [3.8, 4) is 5.75 Å². The number of benzene rings is 1. The third-order valence-electron chi connectivity index (χ3n) is 2.82. The van der Waals surface area contributed by atoms with Gasteiger partial charge in [0.2, 0.25) is 0 Å². The predicted octanol–water partition coefficient (Wildman–Crippen LogP) is 3.79. The highest BCUT2D eigenvalue weighted by atomic mass is 16.5. The maximum absolute atomic E-state index is 5.95. The quantitative estimate of drug-likeness (QED) is 0.663. The Morgan fingerprint density at radius 1 is 1.27 bits per heavy atom. The fourth-order valence-electron chi connectivity index (χ4n) is 1.97. The first-order valence-electron chi connectivity index (χ1n) is 5.66. The van der Waals surface area contributed by atoms with E-state index in [4.69, 9.17) is 4.74 Å². The largest absolute Gasteiger partial charge is 0.486 e. The maximum atomic E-state index is 5.95. The molecule has 0 saturated heterocycles. The fourth-order valence-corrected chi connectivity index (χ4v) is 1.97. The maximum Gasteiger partial charge on any atom is 0.123 e. The Morgan fingerprint density at radius 2 is 2.13 bits per heavy atom.